The van der Waals surface area contributed by atoms with Crippen LogP contribution in [-0.4, -0.2) is 51.3 Å². The number of nitrogens with one attached hydrogen (secondary N) is 3. The average Bonchev–Trinajstić information content (AvgIpc) is 2.55. The molecule has 1 aromatic rings. The first-order valence-electron chi connectivity index (χ1n) is 8.04. The number of aromatic amines is 1. The quantitative estimate of drug-likeness (QED) is 0.759. The molecule has 0 saturated carbocycles. The van der Waals surface area contributed by atoms with Crippen LogP contribution in [0.25, 0.3) is 0 Å². The number of anilines is 1. The smallest absolute Gasteiger partial charge is 0.419 e. The van der Waals surface area contributed by atoms with Gasteiger partial charge in [-0.25, -0.2) is 14.7 Å². The van der Waals surface area contributed by atoms with Gasteiger partial charge < -0.3 is 9.64 Å². The van der Waals surface area contributed by atoms with Crippen molar-refractivity contribution in [2.45, 2.75) is 13.1 Å². The number of hydrogen-bond donors (Lipinski definition) is 2. The Balaban J connectivity index is 1.88. The average molecular weight is 397 g/mol. The van der Waals surface area contributed by atoms with E-state index in [-0.39, 0.29) is 18.2 Å². The van der Waals surface area contributed by atoms with Crippen molar-refractivity contribution in [1.29, 1.82) is 0 Å². The summed E-state index contributed by atoms with van der Waals surface area (Å²) in [5, 5.41) is 2.12. The summed E-state index contributed by atoms with van der Waals surface area (Å²) in [6, 6.07) is 0.888. The molecule has 1 aromatic heterocycles. The molecule has 2 rings (SSSR count). The van der Waals surface area contributed by atoms with Crippen molar-refractivity contribution in [2.24, 2.45) is 0 Å². The number of nitrogens with zero attached hydrogens (tertiary/aromatic N) is 1. The van der Waals surface area contributed by atoms with E-state index in [4.69, 9.17) is 11.6 Å². The first-order valence-corrected chi connectivity index (χ1v) is 8.42. The van der Waals surface area contributed by atoms with E-state index >= 15 is 0 Å². The molecule has 0 aliphatic carbocycles. The maximum atomic E-state index is 12.7. The second kappa shape index (κ2) is 8.54. The number of carbonyl (C=O) groups excluding carboxylic acids is 2. The number of alkyl halides is 3. The summed E-state index contributed by atoms with van der Waals surface area (Å²) in [5.41, 5.74) is -0.842. The predicted molar refractivity (Wildman–Crippen MR) is 86.0 cm³/mol. The number of quaternary nitrogens is 1. The number of alkyl carbamates (subject to hydrolysis) is 1. The summed E-state index contributed by atoms with van der Waals surface area (Å²) in [6.45, 7) is 4.07. The lowest BCUT2D eigenvalue weighted by atomic mass is 10.2. The molecule has 26 heavy (non-hydrogen) atoms. The lowest BCUT2D eigenvalue weighted by Gasteiger charge is -2.28. The fourth-order valence-corrected chi connectivity index (χ4v) is 2.93. The Kier molecular flexibility index (Phi) is 6.65. The first kappa shape index (κ1) is 20.2. The zero-order chi connectivity index (χ0) is 19.3. The number of carbonyl (C=O) groups is 2. The van der Waals surface area contributed by atoms with Gasteiger partial charge >= 0.3 is 12.3 Å². The molecule has 0 radical (unpaired) electrons. The molecule has 7 nitrogen and oxygen atoms in total. The van der Waals surface area contributed by atoms with Crippen LogP contribution in [0.4, 0.5) is 23.8 Å². The van der Waals surface area contributed by atoms with Crippen LogP contribution in [0.2, 0.25) is 5.02 Å². The van der Waals surface area contributed by atoms with Crippen LogP contribution in [0.15, 0.2) is 12.3 Å². The van der Waals surface area contributed by atoms with E-state index in [2.05, 4.69) is 15.0 Å². The molecule has 1 fully saturated rings. The maximum Gasteiger partial charge on any atom is 0.419 e. The normalized spacial score (nSPS) is 15.7. The molecule has 1 aliphatic rings. The molecular weight excluding hydrogens is 377 g/mol. The SMILES string of the molecule is CCOC(=O)NC(=O)C[NH+]1CCN(c2[nH+]cc(C(F)(F)F)cc2Cl)CC1. The molecule has 3 N–H and O–H groups in total. The molecule has 1 saturated heterocycles. The van der Waals surface area contributed by atoms with Gasteiger partial charge in [-0.2, -0.15) is 13.2 Å². The molecule has 144 valence electrons. The zero-order valence-corrected chi connectivity index (χ0v) is 14.8. The first-order chi connectivity index (χ1) is 12.2. The van der Waals surface area contributed by atoms with Gasteiger partial charge in [0.05, 0.1) is 12.2 Å². The van der Waals surface area contributed by atoms with E-state index in [0.29, 0.717) is 32.0 Å². The van der Waals surface area contributed by atoms with Crippen molar-refractivity contribution in [3.05, 3.63) is 22.8 Å². The van der Waals surface area contributed by atoms with Crippen molar-refractivity contribution >= 4 is 29.4 Å². The molecular formula is C15H20ClF3N4O3+2. The summed E-state index contributed by atoms with van der Waals surface area (Å²) >= 11 is 5.98. The molecule has 11 heteroatoms. The van der Waals surface area contributed by atoms with Crippen molar-refractivity contribution < 1.29 is 37.4 Å². The molecule has 0 unspecified atom stereocenters. The number of aromatic nitrogens is 1. The van der Waals surface area contributed by atoms with E-state index in [1.807, 2.05) is 4.90 Å². The third-order valence-corrected chi connectivity index (χ3v) is 4.20. The zero-order valence-electron chi connectivity index (χ0n) is 14.1. The maximum absolute atomic E-state index is 12.7. The van der Waals surface area contributed by atoms with Crippen molar-refractivity contribution in [3.63, 3.8) is 0 Å². The summed E-state index contributed by atoms with van der Waals surface area (Å²) in [4.78, 5) is 28.3. The number of piperazine rings is 1. The third kappa shape index (κ3) is 5.46. The Bertz CT molecular complexity index is 664. The van der Waals surface area contributed by atoms with E-state index in [9.17, 15) is 22.8 Å². The van der Waals surface area contributed by atoms with Crippen LogP contribution >= 0.6 is 11.6 Å². The summed E-state index contributed by atoms with van der Waals surface area (Å²) in [6.07, 6.45) is -4.36. The highest BCUT2D eigenvalue weighted by molar-refractivity contribution is 6.32. The number of rotatable bonds is 4. The summed E-state index contributed by atoms with van der Waals surface area (Å²) in [7, 11) is 0. The monoisotopic (exact) mass is 396 g/mol. The topological polar surface area (TPSA) is 77.2 Å². The van der Waals surface area contributed by atoms with Gasteiger partial charge in [0, 0.05) is 0 Å². The van der Waals surface area contributed by atoms with Gasteiger partial charge in [-0.05, 0) is 13.0 Å². The van der Waals surface area contributed by atoms with Crippen LogP contribution in [0.3, 0.4) is 0 Å². The lowest BCUT2D eigenvalue weighted by Crippen LogP contribution is -3.16. The number of imide groups is 1. The third-order valence-electron chi connectivity index (χ3n) is 3.91. The van der Waals surface area contributed by atoms with Crippen LogP contribution in [0.1, 0.15) is 12.5 Å². The minimum Gasteiger partial charge on any atom is -0.450 e. The van der Waals surface area contributed by atoms with E-state index in [1.54, 1.807) is 6.92 Å². The Morgan fingerprint density at radius 1 is 1.38 bits per heavy atom. The number of H-pyrrole nitrogens is 1. The number of pyridine rings is 1. The van der Waals surface area contributed by atoms with Gasteiger partial charge in [0.25, 0.3) is 11.7 Å². The van der Waals surface area contributed by atoms with Gasteiger partial charge in [-0.3, -0.25) is 10.1 Å². The van der Waals surface area contributed by atoms with Crippen LogP contribution < -0.4 is 20.1 Å². The van der Waals surface area contributed by atoms with Gasteiger partial charge in [0.2, 0.25) is 0 Å². The largest absolute Gasteiger partial charge is 0.450 e. The molecule has 0 atom stereocenters. The van der Waals surface area contributed by atoms with Crippen LogP contribution in [0.5, 0.6) is 0 Å². The molecule has 0 bridgehead atoms. The minimum absolute atomic E-state index is 0.0108. The fourth-order valence-electron chi connectivity index (χ4n) is 2.64. The second-order valence-electron chi connectivity index (χ2n) is 5.77. The highest BCUT2D eigenvalue weighted by Gasteiger charge is 2.35. The number of amides is 2. The summed E-state index contributed by atoms with van der Waals surface area (Å²) in [5.74, 6) is -0.0271. The summed E-state index contributed by atoms with van der Waals surface area (Å²) < 4.78 is 42.7. The molecule has 1 aliphatic heterocycles. The standard InChI is InChI=1S/C15H18ClF3N4O3/c1-2-26-14(25)21-12(24)9-22-3-5-23(6-4-22)13-11(16)7-10(8-20-13)15(17,18)19/h7-8H,2-6,9H2,1H3,(H,21,24,25)/p+2. The number of hydrogen-bond acceptors (Lipinski definition) is 4. The van der Waals surface area contributed by atoms with Gasteiger partial charge in [-0.15, -0.1) is 0 Å². The van der Waals surface area contributed by atoms with Crippen molar-refractivity contribution in [3.8, 4) is 0 Å². The number of halogens is 4. The number of ether oxygens (including phenoxy) is 1. The van der Waals surface area contributed by atoms with Crippen LogP contribution in [0, 0.1) is 0 Å². The van der Waals surface area contributed by atoms with Crippen LogP contribution in [-0.2, 0) is 15.7 Å². The van der Waals surface area contributed by atoms with Gasteiger partial charge in [0.1, 0.15) is 37.4 Å². The lowest BCUT2D eigenvalue weighted by molar-refractivity contribution is -0.892. The Hall–Kier alpha value is -2.07. The Morgan fingerprint density at radius 3 is 2.58 bits per heavy atom. The predicted octanol–water partition coefficient (Wildman–Crippen LogP) is 0.151. The molecule has 2 heterocycles. The van der Waals surface area contributed by atoms with E-state index < -0.39 is 23.7 Å². The van der Waals surface area contributed by atoms with E-state index in [1.165, 1.54) is 0 Å². The highest BCUT2D eigenvalue weighted by Crippen LogP contribution is 2.31. The molecule has 2 amide bonds. The Morgan fingerprint density at radius 2 is 2.04 bits per heavy atom. The fraction of sp³-hybridized carbons (Fsp3) is 0.533. The van der Waals surface area contributed by atoms with Gasteiger partial charge in [0.15, 0.2) is 6.54 Å². The highest BCUT2D eigenvalue weighted by atomic mass is 35.5. The minimum atomic E-state index is -4.46. The Labute approximate surface area is 153 Å². The van der Waals surface area contributed by atoms with Crippen molar-refractivity contribution in [2.75, 3.05) is 44.2 Å². The van der Waals surface area contributed by atoms with Crippen molar-refractivity contribution in [1.82, 2.24) is 5.32 Å². The molecule has 0 spiro atoms. The van der Waals surface area contributed by atoms with E-state index in [0.717, 1.165) is 17.2 Å². The molecule has 0 aromatic carbocycles. The second-order valence-corrected chi connectivity index (χ2v) is 6.17. The van der Waals surface area contributed by atoms with Gasteiger partial charge in [-0.1, -0.05) is 11.6 Å².